The molecule has 2 aromatic carbocycles. The summed E-state index contributed by atoms with van der Waals surface area (Å²) in [6.07, 6.45) is 2.74. The number of fused-ring (bicyclic) bond motifs is 3. The van der Waals surface area contributed by atoms with Crippen molar-refractivity contribution >= 4 is 34.8 Å². The van der Waals surface area contributed by atoms with Crippen LogP contribution in [0.3, 0.4) is 0 Å². The zero-order valence-corrected chi connectivity index (χ0v) is 18.6. The molecule has 1 fully saturated rings. The van der Waals surface area contributed by atoms with Gasteiger partial charge in [-0.15, -0.1) is 0 Å². The number of anilines is 3. The molecular weight excluding hydrogens is 408 g/mol. The third-order valence-corrected chi connectivity index (χ3v) is 5.94. The summed E-state index contributed by atoms with van der Waals surface area (Å²) in [6, 6.07) is 12.2. The number of ether oxygens (including phenoxy) is 1. The Kier molecular flexibility index (Phi) is 6.03. The third kappa shape index (κ3) is 4.12. The van der Waals surface area contributed by atoms with Crippen LogP contribution in [0, 0.1) is 0 Å². The first-order valence-electron chi connectivity index (χ1n) is 10.8. The average molecular weight is 437 g/mol. The SMILES string of the molecule is COc1cccc(NC(=O)CN2C(=O)C3CCCCN3c3ccc(C(=O)N(C)C)cc32)c1. The molecule has 1 saturated heterocycles. The molecule has 0 radical (unpaired) electrons. The summed E-state index contributed by atoms with van der Waals surface area (Å²) in [4.78, 5) is 44.0. The second-order valence-electron chi connectivity index (χ2n) is 8.31. The van der Waals surface area contributed by atoms with Crippen molar-refractivity contribution in [1.82, 2.24) is 4.90 Å². The lowest BCUT2D eigenvalue weighted by Gasteiger charge is -2.45. The van der Waals surface area contributed by atoms with Gasteiger partial charge in [-0.05, 0) is 49.6 Å². The van der Waals surface area contributed by atoms with Gasteiger partial charge in [-0.25, -0.2) is 0 Å². The Balaban J connectivity index is 1.65. The Bertz CT molecular complexity index is 1050. The molecule has 3 amide bonds. The molecule has 2 aromatic rings. The molecule has 1 unspecified atom stereocenters. The monoisotopic (exact) mass is 436 g/mol. The highest BCUT2D eigenvalue weighted by Crippen LogP contribution is 2.40. The van der Waals surface area contributed by atoms with Gasteiger partial charge in [0.1, 0.15) is 18.3 Å². The van der Waals surface area contributed by atoms with E-state index in [-0.39, 0.29) is 30.3 Å². The Morgan fingerprint density at radius 2 is 1.94 bits per heavy atom. The van der Waals surface area contributed by atoms with Crippen LogP contribution in [0.4, 0.5) is 17.1 Å². The first-order chi connectivity index (χ1) is 15.4. The van der Waals surface area contributed by atoms with Gasteiger partial charge in [-0.3, -0.25) is 19.3 Å². The van der Waals surface area contributed by atoms with Crippen LogP contribution in [0.2, 0.25) is 0 Å². The van der Waals surface area contributed by atoms with Crippen LogP contribution in [-0.4, -0.2) is 63.0 Å². The minimum Gasteiger partial charge on any atom is -0.497 e. The molecule has 2 aliphatic rings. The molecule has 32 heavy (non-hydrogen) atoms. The number of piperidine rings is 1. The van der Waals surface area contributed by atoms with Crippen molar-refractivity contribution in [2.75, 3.05) is 49.4 Å². The fourth-order valence-corrected chi connectivity index (χ4v) is 4.36. The molecule has 0 bridgehead atoms. The summed E-state index contributed by atoms with van der Waals surface area (Å²) in [5, 5.41) is 2.84. The van der Waals surface area contributed by atoms with Crippen LogP contribution in [0.25, 0.3) is 0 Å². The fourth-order valence-electron chi connectivity index (χ4n) is 4.36. The minimum absolute atomic E-state index is 0.104. The van der Waals surface area contributed by atoms with E-state index in [0.29, 0.717) is 22.7 Å². The lowest BCUT2D eigenvalue weighted by Crippen LogP contribution is -2.56. The number of methoxy groups -OCH3 is 1. The van der Waals surface area contributed by atoms with Gasteiger partial charge in [0.2, 0.25) is 11.8 Å². The Morgan fingerprint density at radius 1 is 1.12 bits per heavy atom. The van der Waals surface area contributed by atoms with Gasteiger partial charge in [0.05, 0.1) is 18.5 Å². The summed E-state index contributed by atoms with van der Waals surface area (Å²) in [6.45, 7) is 0.654. The average Bonchev–Trinajstić information content (AvgIpc) is 2.81. The Hall–Kier alpha value is -3.55. The highest BCUT2D eigenvalue weighted by Gasteiger charge is 2.40. The molecule has 168 valence electrons. The fraction of sp³-hybridized carbons (Fsp3) is 0.375. The molecular formula is C24H28N4O4. The molecule has 8 heteroatoms. The maximum atomic E-state index is 13.4. The van der Waals surface area contributed by atoms with Crippen molar-refractivity contribution in [3.63, 3.8) is 0 Å². The number of hydrogen-bond acceptors (Lipinski definition) is 5. The second kappa shape index (κ2) is 8.90. The number of nitrogens with zero attached hydrogens (tertiary/aromatic N) is 3. The van der Waals surface area contributed by atoms with Gasteiger partial charge in [0.25, 0.3) is 5.91 Å². The zero-order valence-electron chi connectivity index (χ0n) is 18.6. The number of carbonyl (C=O) groups excluding carboxylic acids is 3. The van der Waals surface area contributed by atoms with Gasteiger partial charge >= 0.3 is 0 Å². The van der Waals surface area contributed by atoms with Crippen LogP contribution in [-0.2, 0) is 9.59 Å². The summed E-state index contributed by atoms with van der Waals surface area (Å²) in [7, 11) is 4.94. The van der Waals surface area contributed by atoms with Crippen molar-refractivity contribution in [1.29, 1.82) is 0 Å². The smallest absolute Gasteiger partial charge is 0.253 e. The van der Waals surface area contributed by atoms with E-state index in [2.05, 4.69) is 10.2 Å². The van der Waals surface area contributed by atoms with Gasteiger partial charge in [-0.1, -0.05) is 6.07 Å². The molecule has 0 spiro atoms. The van der Waals surface area contributed by atoms with E-state index in [1.54, 1.807) is 57.6 Å². The Morgan fingerprint density at radius 3 is 2.69 bits per heavy atom. The highest BCUT2D eigenvalue weighted by molar-refractivity contribution is 6.11. The first-order valence-corrected chi connectivity index (χ1v) is 10.8. The number of benzene rings is 2. The molecule has 1 atom stereocenters. The van der Waals surface area contributed by atoms with E-state index in [1.807, 2.05) is 6.07 Å². The van der Waals surface area contributed by atoms with Crippen molar-refractivity contribution in [2.45, 2.75) is 25.3 Å². The van der Waals surface area contributed by atoms with Crippen molar-refractivity contribution in [3.05, 3.63) is 48.0 Å². The van der Waals surface area contributed by atoms with Crippen LogP contribution >= 0.6 is 0 Å². The lowest BCUT2D eigenvalue weighted by molar-refractivity contribution is -0.123. The topological polar surface area (TPSA) is 82.2 Å². The maximum Gasteiger partial charge on any atom is 0.253 e. The molecule has 2 aliphatic heterocycles. The van der Waals surface area contributed by atoms with E-state index in [1.165, 1.54) is 9.80 Å². The molecule has 0 saturated carbocycles. The summed E-state index contributed by atoms with van der Waals surface area (Å²) >= 11 is 0. The number of hydrogen-bond donors (Lipinski definition) is 1. The standard InChI is InChI=1S/C24H28N4O4/c1-26(2)23(30)16-10-11-19-21(13-16)28(24(31)20-9-4-5-12-27(19)20)15-22(29)25-17-7-6-8-18(14-17)32-3/h6-8,10-11,13-14,20H,4-5,9,12,15H2,1-3H3,(H,25,29). The number of amides is 3. The molecule has 0 aromatic heterocycles. The number of nitrogens with one attached hydrogen (secondary N) is 1. The largest absolute Gasteiger partial charge is 0.497 e. The molecule has 1 N–H and O–H groups in total. The predicted octanol–water partition coefficient (Wildman–Crippen LogP) is 2.74. The van der Waals surface area contributed by atoms with Gasteiger partial charge in [0, 0.05) is 38.0 Å². The van der Waals surface area contributed by atoms with E-state index in [0.717, 1.165) is 31.5 Å². The highest BCUT2D eigenvalue weighted by atomic mass is 16.5. The molecule has 2 heterocycles. The predicted molar refractivity (Wildman–Crippen MR) is 123 cm³/mol. The van der Waals surface area contributed by atoms with Gasteiger partial charge < -0.3 is 19.9 Å². The summed E-state index contributed by atoms with van der Waals surface area (Å²) < 4.78 is 5.21. The maximum absolute atomic E-state index is 13.4. The molecule has 8 nitrogen and oxygen atoms in total. The minimum atomic E-state index is -0.314. The second-order valence-corrected chi connectivity index (χ2v) is 8.31. The lowest BCUT2D eigenvalue weighted by atomic mass is 9.95. The van der Waals surface area contributed by atoms with Crippen LogP contribution in [0.1, 0.15) is 29.6 Å². The van der Waals surface area contributed by atoms with Gasteiger partial charge in [-0.2, -0.15) is 0 Å². The Labute approximate surface area is 187 Å². The molecule has 4 rings (SSSR count). The number of rotatable bonds is 5. The number of carbonyl (C=O) groups is 3. The normalized spacial score (nSPS) is 17.3. The third-order valence-electron chi connectivity index (χ3n) is 5.94. The van der Waals surface area contributed by atoms with Crippen molar-refractivity contribution in [2.24, 2.45) is 0 Å². The molecule has 0 aliphatic carbocycles. The van der Waals surface area contributed by atoms with E-state index >= 15 is 0 Å². The summed E-state index contributed by atoms with van der Waals surface area (Å²) in [5.41, 5.74) is 2.56. The zero-order chi connectivity index (χ0) is 22.8. The van der Waals surface area contributed by atoms with E-state index in [9.17, 15) is 14.4 Å². The quantitative estimate of drug-likeness (QED) is 0.780. The summed E-state index contributed by atoms with van der Waals surface area (Å²) in [5.74, 6) is 0.0623. The van der Waals surface area contributed by atoms with Gasteiger partial charge in [0.15, 0.2) is 0 Å². The van der Waals surface area contributed by atoms with Crippen LogP contribution in [0.5, 0.6) is 5.75 Å². The van der Waals surface area contributed by atoms with E-state index in [4.69, 9.17) is 4.74 Å². The van der Waals surface area contributed by atoms with Crippen LogP contribution in [0.15, 0.2) is 42.5 Å². The van der Waals surface area contributed by atoms with Crippen molar-refractivity contribution < 1.29 is 19.1 Å². The van der Waals surface area contributed by atoms with Crippen molar-refractivity contribution in [3.8, 4) is 5.75 Å². The van der Waals surface area contributed by atoms with Crippen LogP contribution < -0.4 is 19.9 Å². The first kappa shape index (κ1) is 21.7. The van der Waals surface area contributed by atoms with E-state index < -0.39 is 0 Å².